The van der Waals surface area contributed by atoms with Crippen molar-refractivity contribution in [1.29, 1.82) is 0 Å². The number of nitrogens with one attached hydrogen (secondary N) is 1. The van der Waals surface area contributed by atoms with Crippen molar-refractivity contribution in [2.24, 2.45) is 0 Å². The molecule has 1 N–H and O–H groups in total. The number of halogens is 2. The number of benzene rings is 1. The Labute approximate surface area is 91.3 Å². The predicted molar refractivity (Wildman–Crippen MR) is 53.4 cm³/mol. The molecule has 0 heterocycles. The van der Waals surface area contributed by atoms with Gasteiger partial charge in [-0.3, -0.25) is 4.79 Å². The molecule has 0 saturated heterocycles. The van der Waals surface area contributed by atoms with Gasteiger partial charge in [-0.15, -0.1) is 0 Å². The predicted octanol–water partition coefficient (Wildman–Crippen LogP) is 0.963. The minimum Gasteiger partial charge on any atom is -0.268 e. The van der Waals surface area contributed by atoms with Gasteiger partial charge in [-0.2, -0.15) is 0 Å². The lowest BCUT2D eigenvalue weighted by Gasteiger charge is -2.05. The fourth-order valence-electron chi connectivity index (χ4n) is 1.05. The molecule has 0 aliphatic rings. The van der Waals surface area contributed by atoms with Crippen LogP contribution in [0.4, 0.5) is 8.78 Å². The molecular weight excluding hydrogens is 240 g/mol. The maximum absolute atomic E-state index is 13.2. The van der Waals surface area contributed by atoms with E-state index in [1.165, 1.54) is 6.92 Å². The molecule has 1 rings (SSSR count). The number of sulfonamides is 1. The van der Waals surface area contributed by atoms with Gasteiger partial charge < -0.3 is 0 Å². The Morgan fingerprint density at radius 1 is 1.25 bits per heavy atom. The van der Waals surface area contributed by atoms with Crippen LogP contribution in [0.3, 0.4) is 0 Å². The highest BCUT2D eigenvalue weighted by atomic mass is 32.2. The van der Waals surface area contributed by atoms with Crippen molar-refractivity contribution in [3.8, 4) is 0 Å². The van der Waals surface area contributed by atoms with Gasteiger partial charge in [-0.05, 0) is 18.6 Å². The topological polar surface area (TPSA) is 63.2 Å². The van der Waals surface area contributed by atoms with E-state index in [9.17, 15) is 22.0 Å². The summed E-state index contributed by atoms with van der Waals surface area (Å²) in [5.41, 5.74) is -0.454. The zero-order valence-corrected chi connectivity index (χ0v) is 9.36. The summed E-state index contributed by atoms with van der Waals surface area (Å²) in [5, 5.41) is 0. The number of hydrogen-bond donors (Lipinski definition) is 1. The molecule has 0 fully saturated rings. The first kappa shape index (κ1) is 12.6. The van der Waals surface area contributed by atoms with Gasteiger partial charge in [0.15, 0.2) is 0 Å². The first-order valence-corrected chi connectivity index (χ1v) is 6.07. The fourth-order valence-corrected chi connectivity index (χ4v) is 1.50. The fraction of sp³-hybridized carbons (Fsp3) is 0.222. The number of hydrogen-bond acceptors (Lipinski definition) is 3. The van der Waals surface area contributed by atoms with Crippen LogP contribution in [-0.4, -0.2) is 20.6 Å². The molecule has 0 bridgehead atoms. The molecule has 1 aromatic rings. The molecule has 0 spiro atoms. The van der Waals surface area contributed by atoms with Gasteiger partial charge in [-0.25, -0.2) is 21.9 Å². The molecule has 0 aromatic heterocycles. The third-order valence-electron chi connectivity index (χ3n) is 1.77. The SMILES string of the molecule is Cc1cc(C(=O)NS(C)(=O)=O)c(F)cc1F. The van der Waals surface area contributed by atoms with E-state index in [4.69, 9.17) is 0 Å². The lowest BCUT2D eigenvalue weighted by molar-refractivity contribution is 0.0977. The molecular formula is C9H9F2NO3S. The maximum atomic E-state index is 13.2. The van der Waals surface area contributed by atoms with Crippen molar-refractivity contribution in [2.45, 2.75) is 6.92 Å². The van der Waals surface area contributed by atoms with E-state index in [1.807, 2.05) is 0 Å². The van der Waals surface area contributed by atoms with Crippen molar-refractivity contribution in [3.63, 3.8) is 0 Å². The average Bonchev–Trinajstić information content (AvgIpc) is 2.08. The van der Waals surface area contributed by atoms with Gasteiger partial charge in [0.25, 0.3) is 5.91 Å². The van der Waals surface area contributed by atoms with Crippen molar-refractivity contribution in [1.82, 2.24) is 4.72 Å². The summed E-state index contributed by atoms with van der Waals surface area (Å²) in [6, 6.07) is 1.48. The van der Waals surface area contributed by atoms with Gasteiger partial charge in [0.05, 0.1) is 11.8 Å². The Morgan fingerprint density at radius 2 is 1.81 bits per heavy atom. The second kappa shape index (κ2) is 4.17. The Bertz CT molecular complexity index is 540. The Kier molecular flexibility index (Phi) is 3.27. The van der Waals surface area contributed by atoms with Crippen molar-refractivity contribution < 1.29 is 22.0 Å². The molecule has 7 heteroatoms. The molecule has 16 heavy (non-hydrogen) atoms. The first-order valence-electron chi connectivity index (χ1n) is 4.18. The molecule has 4 nitrogen and oxygen atoms in total. The normalized spacial score (nSPS) is 11.2. The van der Waals surface area contributed by atoms with Crippen LogP contribution in [0.25, 0.3) is 0 Å². The average molecular weight is 249 g/mol. The van der Waals surface area contributed by atoms with Crippen LogP contribution in [0, 0.1) is 18.6 Å². The van der Waals surface area contributed by atoms with Crippen molar-refractivity contribution >= 4 is 15.9 Å². The Balaban J connectivity index is 3.15. The summed E-state index contributed by atoms with van der Waals surface area (Å²) in [7, 11) is -3.77. The van der Waals surface area contributed by atoms with E-state index in [-0.39, 0.29) is 5.56 Å². The molecule has 0 atom stereocenters. The molecule has 1 amide bonds. The van der Waals surface area contributed by atoms with Crippen molar-refractivity contribution in [2.75, 3.05) is 6.26 Å². The van der Waals surface area contributed by atoms with Crippen LogP contribution in [0.1, 0.15) is 15.9 Å². The number of rotatable bonds is 2. The highest BCUT2D eigenvalue weighted by molar-refractivity contribution is 7.89. The summed E-state index contributed by atoms with van der Waals surface area (Å²) in [5.74, 6) is -3.03. The highest BCUT2D eigenvalue weighted by Gasteiger charge is 2.17. The van der Waals surface area contributed by atoms with Crippen LogP contribution < -0.4 is 4.72 Å². The molecule has 0 aliphatic heterocycles. The minimum atomic E-state index is -3.77. The van der Waals surface area contributed by atoms with Crippen LogP contribution in [0.2, 0.25) is 0 Å². The van der Waals surface area contributed by atoms with E-state index in [0.29, 0.717) is 6.07 Å². The summed E-state index contributed by atoms with van der Waals surface area (Å²) in [4.78, 5) is 11.3. The van der Waals surface area contributed by atoms with E-state index in [1.54, 1.807) is 4.72 Å². The van der Waals surface area contributed by atoms with Crippen LogP contribution >= 0.6 is 0 Å². The number of amides is 1. The number of carbonyl (C=O) groups excluding carboxylic acids is 1. The third kappa shape index (κ3) is 2.99. The lowest BCUT2D eigenvalue weighted by atomic mass is 10.1. The third-order valence-corrected chi connectivity index (χ3v) is 2.33. The molecule has 0 saturated carbocycles. The first-order chi connectivity index (χ1) is 7.20. The zero-order chi connectivity index (χ0) is 12.5. The second-order valence-corrected chi connectivity index (χ2v) is 5.03. The Hall–Kier alpha value is -1.50. The van der Waals surface area contributed by atoms with Gasteiger partial charge in [0.1, 0.15) is 11.6 Å². The van der Waals surface area contributed by atoms with E-state index in [2.05, 4.69) is 0 Å². The van der Waals surface area contributed by atoms with Gasteiger partial charge in [-0.1, -0.05) is 0 Å². The van der Waals surface area contributed by atoms with E-state index < -0.39 is 33.1 Å². The zero-order valence-electron chi connectivity index (χ0n) is 8.54. The lowest BCUT2D eigenvalue weighted by Crippen LogP contribution is -2.30. The summed E-state index contributed by atoms with van der Waals surface area (Å²) in [6.45, 7) is 1.34. The molecule has 0 aliphatic carbocycles. The summed E-state index contributed by atoms with van der Waals surface area (Å²) in [6.07, 6.45) is 0.763. The van der Waals surface area contributed by atoms with Crippen LogP contribution in [0.15, 0.2) is 12.1 Å². The minimum absolute atomic E-state index is 0.0556. The van der Waals surface area contributed by atoms with Crippen LogP contribution in [-0.2, 0) is 10.0 Å². The summed E-state index contributed by atoms with van der Waals surface area (Å²) < 4.78 is 49.1. The quantitative estimate of drug-likeness (QED) is 0.849. The van der Waals surface area contributed by atoms with Gasteiger partial charge >= 0.3 is 0 Å². The van der Waals surface area contributed by atoms with Crippen LogP contribution in [0.5, 0.6) is 0 Å². The maximum Gasteiger partial charge on any atom is 0.267 e. The largest absolute Gasteiger partial charge is 0.268 e. The molecule has 88 valence electrons. The van der Waals surface area contributed by atoms with E-state index >= 15 is 0 Å². The number of aryl methyl sites for hydroxylation is 1. The smallest absolute Gasteiger partial charge is 0.267 e. The molecule has 0 unspecified atom stereocenters. The second-order valence-electron chi connectivity index (χ2n) is 3.28. The molecule has 0 radical (unpaired) electrons. The van der Waals surface area contributed by atoms with Gasteiger partial charge in [0, 0.05) is 6.07 Å². The Morgan fingerprint density at radius 3 is 2.31 bits per heavy atom. The standard InChI is InChI=1S/C9H9F2NO3S/c1-5-3-6(8(11)4-7(5)10)9(13)12-16(2,14)15/h3-4H,1-2H3,(H,12,13). The monoisotopic (exact) mass is 249 g/mol. The molecule has 1 aromatic carbocycles. The number of carbonyl (C=O) groups is 1. The van der Waals surface area contributed by atoms with Gasteiger partial charge in [0.2, 0.25) is 10.0 Å². The van der Waals surface area contributed by atoms with Crippen molar-refractivity contribution in [3.05, 3.63) is 34.9 Å². The van der Waals surface area contributed by atoms with E-state index in [0.717, 1.165) is 12.3 Å². The summed E-state index contributed by atoms with van der Waals surface area (Å²) >= 11 is 0. The highest BCUT2D eigenvalue weighted by Crippen LogP contribution is 2.14.